The molecule has 2 amide bonds. The second kappa shape index (κ2) is 11.7. The van der Waals surface area contributed by atoms with Gasteiger partial charge in [0, 0.05) is 7.11 Å². The Balaban J connectivity index is 1.93. The van der Waals surface area contributed by atoms with Crippen molar-refractivity contribution in [1.82, 2.24) is 9.55 Å². The zero-order valence-electron chi connectivity index (χ0n) is 27.1. The Morgan fingerprint density at radius 3 is 2.11 bits per heavy atom. The maximum absolute atomic E-state index is 14.1. The minimum absolute atomic E-state index is 0.358. The van der Waals surface area contributed by atoms with Crippen LogP contribution in [0.4, 0.5) is 31.8 Å². The van der Waals surface area contributed by atoms with E-state index in [9.17, 15) is 34.0 Å². The summed E-state index contributed by atoms with van der Waals surface area (Å²) >= 11 is 0. The standard InChI is InChI=1S/C26H40N5O14P/c1-23(2,3)42-20(33)29-19-28-15-12(16(32)31(19)22(35)44-25(7,8)9)27-13-17(30(15)21(34)43-24(4,5)6)41-18-14(26(13,36)37)45-46(38,39-10)11-40-18/h13-14,17-18,27,36-37H,11H2,1-10H3,(H,28,29,33)/t13-,14+,17-,18+,46?/m1/s1. The van der Waals surface area contributed by atoms with Crippen LogP contribution in [-0.4, -0.2) is 98.8 Å². The summed E-state index contributed by atoms with van der Waals surface area (Å²) in [6.07, 6.45) is -9.43. The van der Waals surface area contributed by atoms with Crippen molar-refractivity contribution in [2.75, 3.05) is 29.0 Å². The van der Waals surface area contributed by atoms with Gasteiger partial charge >= 0.3 is 25.9 Å². The highest BCUT2D eigenvalue weighted by Crippen LogP contribution is 2.56. The summed E-state index contributed by atoms with van der Waals surface area (Å²) in [5, 5.41) is 27.6. The zero-order chi connectivity index (χ0) is 34.8. The molecule has 258 valence electrons. The van der Waals surface area contributed by atoms with Gasteiger partial charge in [0.1, 0.15) is 28.5 Å². The number of fused-ring (bicyclic) bond motifs is 3. The van der Waals surface area contributed by atoms with Gasteiger partial charge in [-0.1, -0.05) is 0 Å². The minimum atomic E-state index is -3.97. The first kappa shape index (κ1) is 35.5. The van der Waals surface area contributed by atoms with Gasteiger partial charge in [0.2, 0.25) is 11.7 Å². The van der Waals surface area contributed by atoms with Crippen LogP contribution in [0.2, 0.25) is 0 Å². The van der Waals surface area contributed by atoms with E-state index in [2.05, 4.69) is 15.6 Å². The number of carbonyl (C=O) groups is 3. The highest BCUT2D eigenvalue weighted by molar-refractivity contribution is 7.53. The van der Waals surface area contributed by atoms with E-state index in [1.807, 2.05) is 0 Å². The molecule has 46 heavy (non-hydrogen) atoms. The average Bonchev–Trinajstić information content (AvgIpc) is 2.85. The smallest absolute Gasteiger partial charge is 0.424 e. The van der Waals surface area contributed by atoms with Crippen molar-refractivity contribution < 1.29 is 61.9 Å². The van der Waals surface area contributed by atoms with E-state index >= 15 is 0 Å². The van der Waals surface area contributed by atoms with Gasteiger partial charge in [-0.15, -0.1) is 0 Å². The molecular formula is C26H40N5O14P. The van der Waals surface area contributed by atoms with Crippen molar-refractivity contribution in [3.8, 4) is 0 Å². The molecule has 19 nitrogen and oxygen atoms in total. The van der Waals surface area contributed by atoms with Gasteiger partial charge in [-0.25, -0.2) is 19.3 Å². The summed E-state index contributed by atoms with van der Waals surface area (Å²) in [6.45, 7) is 14.0. The van der Waals surface area contributed by atoms with E-state index in [1.165, 1.54) is 20.8 Å². The third-order valence-electron chi connectivity index (χ3n) is 6.26. The Morgan fingerprint density at radius 2 is 1.57 bits per heavy atom. The molecule has 0 spiro atoms. The number of anilines is 3. The van der Waals surface area contributed by atoms with Gasteiger partial charge in [-0.2, -0.15) is 9.55 Å². The van der Waals surface area contributed by atoms with Gasteiger partial charge in [-0.3, -0.25) is 19.2 Å². The Hall–Kier alpha value is -3.32. The molecule has 0 aromatic carbocycles. The van der Waals surface area contributed by atoms with Gasteiger partial charge in [0.05, 0.1) is 0 Å². The number of ether oxygens (including phenoxy) is 5. The van der Waals surface area contributed by atoms with Gasteiger partial charge < -0.3 is 43.7 Å². The number of aromatic nitrogens is 2. The van der Waals surface area contributed by atoms with E-state index in [-0.39, 0.29) is 0 Å². The monoisotopic (exact) mass is 677 g/mol. The number of nitrogens with one attached hydrogen (secondary N) is 2. The van der Waals surface area contributed by atoms with Crippen molar-refractivity contribution in [2.45, 2.75) is 110 Å². The highest BCUT2D eigenvalue weighted by Gasteiger charge is 2.65. The van der Waals surface area contributed by atoms with Crippen molar-refractivity contribution >= 4 is 43.3 Å². The summed E-state index contributed by atoms with van der Waals surface area (Å²) < 4.78 is 51.0. The lowest BCUT2D eigenvalue weighted by molar-refractivity contribution is -0.355. The van der Waals surface area contributed by atoms with Crippen LogP contribution < -0.4 is 21.1 Å². The summed E-state index contributed by atoms with van der Waals surface area (Å²) in [5.74, 6) is -4.33. The van der Waals surface area contributed by atoms with Crippen molar-refractivity contribution in [1.29, 1.82) is 0 Å². The topological polar surface area (TPSA) is 236 Å². The summed E-state index contributed by atoms with van der Waals surface area (Å²) in [6, 6.07) is -1.84. The molecule has 5 atom stereocenters. The molecule has 0 bridgehead atoms. The van der Waals surface area contributed by atoms with Crippen LogP contribution in [0, 0.1) is 0 Å². The molecule has 4 N–H and O–H groups in total. The molecule has 20 heteroatoms. The Labute approximate surface area is 263 Å². The predicted molar refractivity (Wildman–Crippen MR) is 157 cm³/mol. The van der Waals surface area contributed by atoms with Crippen molar-refractivity contribution in [3.05, 3.63) is 10.4 Å². The Morgan fingerprint density at radius 1 is 1.00 bits per heavy atom. The van der Waals surface area contributed by atoms with Crippen LogP contribution in [0.3, 0.4) is 0 Å². The largest absolute Gasteiger partial charge is 0.444 e. The van der Waals surface area contributed by atoms with Crippen molar-refractivity contribution in [2.24, 2.45) is 0 Å². The molecule has 1 aromatic rings. The summed E-state index contributed by atoms with van der Waals surface area (Å²) in [5.41, 5.74) is -5.11. The fraction of sp³-hybridized carbons (Fsp3) is 0.731. The summed E-state index contributed by atoms with van der Waals surface area (Å²) in [4.78, 5) is 58.9. The highest BCUT2D eigenvalue weighted by atomic mass is 31.2. The van der Waals surface area contributed by atoms with Crippen molar-refractivity contribution in [3.63, 3.8) is 0 Å². The lowest BCUT2D eigenvalue weighted by Crippen LogP contribution is -2.75. The van der Waals surface area contributed by atoms with Crippen LogP contribution in [-0.2, 0) is 37.3 Å². The third-order valence-corrected chi connectivity index (χ3v) is 7.83. The maximum Gasteiger partial charge on any atom is 0.424 e. The molecule has 0 aliphatic carbocycles. The van der Waals surface area contributed by atoms with Crippen LogP contribution >= 0.6 is 7.60 Å². The zero-order valence-corrected chi connectivity index (χ0v) is 28.0. The number of carbonyl (C=O) groups excluding carboxylic acids is 3. The first-order valence-corrected chi connectivity index (χ1v) is 15.8. The Bertz CT molecular complexity index is 1510. The number of nitrogens with zero attached hydrogens (tertiary/aromatic N) is 3. The molecule has 2 fully saturated rings. The van der Waals surface area contributed by atoms with E-state index in [4.69, 9.17) is 32.7 Å². The number of amides is 2. The lowest BCUT2D eigenvalue weighted by atomic mass is 9.93. The second-order valence-corrected chi connectivity index (χ2v) is 15.7. The van der Waals surface area contributed by atoms with Crippen LogP contribution in [0.5, 0.6) is 0 Å². The molecule has 3 aliphatic rings. The van der Waals surface area contributed by atoms with Crippen LogP contribution in [0.1, 0.15) is 62.3 Å². The molecule has 3 aliphatic heterocycles. The second-order valence-electron chi connectivity index (χ2n) is 13.6. The molecular weight excluding hydrogens is 637 g/mol. The molecule has 0 saturated carbocycles. The van der Waals surface area contributed by atoms with Gasteiger partial charge in [-0.05, 0) is 62.3 Å². The third kappa shape index (κ3) is 7.30. The number of rotatable bonds is 2. The average molecular weight is 678 g/mol. The molecule has 0 radical (unpaired) electrons. The normalized spacial score (nSPS) is 27.3. The van der Waals surface area contributed by atoms with Gasteiger partial charge in [0.25, 0.3) is 5.56 Å². The van der Waals surface area contributed by atoms with E-state index < -0.39 is 102 Å². The number of hydrogen-bond acceptors (Lipinski definition) is 16. The first-order valence-electron chi connectivity index (χ1n) is 14.1. The maximum atomic E-state index is 14.1. The minimum Gasteiger partial charge on any atom is -0.444 e. The first-order chi connectivity index (χ1) is 20.9. The SMILES string of the molecule is COP1(=O)CO[C@H]2O[C@@H]3[C@@H](Nc4c(nc(NC(=O)OC(C)(C)C)n(C(=O)OC(C)(C)C)c4=O)N3C(=O)OC(C)(C)C)C(O)(O)[C@H]2O1. The number of hydrogen-bond donors (Lipinski definition) is 4. The molecule has 4 rings (SSSR count). The number of aliphatic hydroxyl groups is 2. The quantitative estimate of drug-likeness (QED) is 0.200. The lowest BCUT2D eigenvalue weighted by Gasteiger charge is -2.54. The predicted octanol–water partition coefficient (Wildman–Crippen LogP) is 2.48. The summed E-state index contributed by atoms with van der Waals surface area (Å²) in [7, 11) is -2.90. The molecule has 1 unspecified atom stereocenters. The van der Waals surface area contributed by atoms with E-state index in [0.717, 1.165) is 7.11 Å². The molecule has 2 saturated heterocycles. The fourth-order valence-electron chi connectivity index (χ4n) is 4.52. The van der Waals surface area contributed by atoms with E-state index in [0.29, 0.717) is 9.47 Å². The Kier molecular flexibility index (Phi) is 9.06. The van der Waals surface area contributed by atoms with Gasteiger partial charge in [0.15, 0.2) is 30.8 Å². The molecule has 4 heterocycles. The van der Waals surface area contributed by atoms with Crippen LogP contribution in [0.25, 0.3) is 0 Å². The molecule has 1 aromatic heterocycles. The van der Waals surface area contributed by atoms with E-state index in [1.54, 1.807) is 41.5 Å². The van der Waals surface area contributed by atoms with Crippen LogP contribution in [0.15, 0.2) is 4.79 Å². The fourth-order valence-corrected chi connectivity index (χ4v) is 5.71.